The van der Waals surface area contributed by atoms with Gasteiger partial charge in [0.2, 0.25) is 17.8 Å². The number of piperazine rings is 1. The molecule has 2 aromatic carbocycles. The molecule has 13 heteroatoms. The van der Waals surface area contributed by atoms with Crippen LogP contribution in [0.4, 0.5) is 10.7 Å². The Morgan fingerprint density at radius 2 is 1.86 bits per heavy atom. The standard InChI is InChI=1S/C30H31N9O3S/c1-2-11-37-18-26(40)38-23(12-21-14-32-29(31)33-15-21)28(41)36(16-22-9-6-10-24-27(22)35-19-43-24)17-25(38)39(37)30(42)34-13-20-7-4-3-5-8-20/h2-10,14-15,19,23,25H,1,11-13,16-18H2,(H,34,42)(H2,31,32,33)/t23-,25-/m0/s1. The number of urea groups is 1. The van der Waals surface area contributed by atoms with Crippen LogP contribution in [0.25, 0.3) is 10.2 Å². The maximum atomic E-state index is 14.2. The summed E-state index contributed by atoms with van der Waals surface area (Å²) in [7, 11) is 0. The van der Waals surface area contributed by atoms with Crippen LogP contribution >= 0.6 is 11.3 Å². The van der Waals surface area contributed by atoms with Gasteiger partial charge in [-0.15, -0.1) is 17.9 Å². The van der Waals surface area contributed by atoms with Gasteiger partial charge in [0, 0.05) is 38.4 Å². The van der Waals surface area contributed by atoms with Gasteiger partial charge in [-0.2, -0.15) is 0 Å². The molecule has 4 heterocycles. The average molecular weight is 598 g/mol. The van der Waals surface area contributed by atoms with Crippen molar-refractivity contribution < 1.29 is 14.4 Å². The quantitative estimate of drug-likeness (QED) is 0.295. The van der Waals surface area contributed by atoms with Gasteiger partial charge in [-0.05, 0) is 22.8 Å². The Balaban J connectivity index is 1.36. The fourth-order valence-electron chi connectivity index (χ4n) is 5.67. The number of nitrogens with one attached hydrogen (secondary N) is 1. The zero-order valence-electron chi connectivity index (χ0n) is 23.4. The molecule has 4 amide bonds. The zero-order valence-corrected chi connectivity index (χ0v) is 24.2. The molecule has 2 aromatic heterocycles. The molecule has 2 aliphatic rings. The number of para-hydroxylation sites is 1. The summed E-state index contributed by atoms with van der Waals surface area (Å²) in [5.41, 5.74) is 10.8. The number of carbonyl (C=O) groups excluding carboxylic acids is 3. The highest BCUT2D eigenvalue weighted by Gasteiger charge is 2.51. The van der Waals surface area contributed by atoms with Crippen molar-refractivity contribution in [1.29, 1.82) is 0 Å². The minimum absolute atomic E-state index is 0.0819. The van der Waals surface area contributed by atoms with Gasteiger partial charge in [-0.1, -0.05) is 48.5 Å². The van der Waals surface area contributed by atoms with Crippen LogP contribution in [0.2, 0.25) is 0 Å². The first-order valence-electron chi connectivity index (χ1n) is 13.9. The second-order valence-electron chi connectivity index (χ2n) is 10.4. The van der Waals surface area contributed by atoms with E-state index in [9.17, 15) is 14.4 Å². The summed E-state index contributed by atoms with van der Waals surface area (Å²) in [5, 5.41) is 6.23. The molecule has 3 N–H and O–H groups in total. The van der Waals surface area contributed by atoms with Crippen molar-refractivity contribution in [2.75, 3.05) is 25.4 Å². The smallest absolute Gasteiger partial charge is 0.334 e. The zero-order chi connectivity index (χ0) is 29.9. The second kappa shape index (κ2) is 12.2. The Labute approximate surface area is 252 Å². The van der Waals surface area contributed by atoms with Gasteiger partial charge in [-0.25, -0.2) is 29.8 Å². The molecule has 220 valence electrons. The lowest BCUT2D eigenvalue weighted by Crippen LogP contribution is -2.76. The van der Waals surface area contributed by atoms with Gasteiger partial charge in [0.1, 0.15) is 12.2 Å². The number of hydrogen-bond acceptors (Lipinski definition) is 9. The molecular formula is C30H31N9O3S. The molecular weight excluding hydrogens is 566 g/mol. The Morgan fingerprint density at radius 1 is 1.07 bits per heavy atom. The van der Waals surface area contributed by atoms with Gasteiger partial charge >= 0.3 is 6.03 Å². The fraction of sp³-hybridized carbons (Fsp3) is 0.267. The number of anilines is 1. The fourth-order valence-corrected chi connectivity index (χ4v) is 6.39. The summed E-state index contributed by atoms with van der Waals surface area (Å²) in [6.07, 6.45) is 4.17. The molecule has 4 aromatic rings. The SMILES string of the molecule is C=CCN1CC(=O)N2[C@@H](Cc3cnc(N)nc3)C(=O)N(Cc3cccc4scnc34)C[C@@H]2N1C(=O)NCc1ccccc1. The number of nitrogens with zero attached hydrogens (tertiary/aromatic N) is 7. The van der Waals surface area contributed by atoms with Gasteiger partial charge in [0.15, 0.2) is 0 Å². The molecule has 2 fully saturated rings. The van der Waals surface area contributed by atoms with E-state index in [2.05, 4.69) is 26.8 Å². The first-order valence-corrected chi connectivity index (χ1v) is 14.7. The third kappa shape index (κ3) is 5.76. The Kier molecular flexibility index (Phi) is 7.99. The van der Waals surface area contributed by atoms with E-state index in [1.807, 2.05) is 48.5 Å². The highest BCUT2D eigenvalue weighted by atomic mass is 32.1. The van der Waals surface area contributed by atoms with Crippen LogP contribution < -0.4 is 11.1 Å². The Hall–Kier alpha value is -4.88. The van der Waals surface area contributed by atoms with Crippen LogP contribution in [-0.4, -0.2) is 84.5 Å². The highest BCUT2D eigenvalue weighted by molar-refractivity contribution is 7.16. The largest absolute Gasteiger partial charge is 0.368 e. The highest BCUT2D eigenvalue weighted by Crippen LogP contribution is 2.30. The lowest BCUT2D eigenvalue weighted by atomic mass is 9.99. The molecule has 0 spiro atoms. The van der Waals surface area contributed by atoms with E-state index in [0.717, 1.165) is 21.3 Å². The topological polar surface area (TPSA) is 141 Å². The van der Waals surface area contributed by atoms with E-state index in [1.54, 1.807) is 43.8 Å². The molecule has 0 unspecified atom stereocenters. The Bertz CT molecular complexity index is 1650. The van der Waals surface area contributed by atoms with Gasteiger partial charge in [-0.3, -0.25) is 9.59 Å². The van der Waals surface area contributed by atoms with Crippen LogP contribution in [0.15, 0.2) is 79.1 Å². The van der Waals surface area contributed by atoms with Crippen molar-refractivity contribution >= 4 is 45.3 Å². The summed E-state index contributed by atoms with van der Waals surface area (Å²) in [6.45, 7) is 4.72. The monoisotopic (exact) mass is 597 g/mol. The number of nitrogen functional groups attached to an aromatic ring is 1. The van der Waals surface area contributed by atoms with E-state index < -0.39 is 12.2 Å². The molecule has 6 rings (SSSR count). The number of hydrazine groups is 1. The molecule has 43 heavy (non-hydrogen) atoms. The number of thiazole rings is 1. The number of aromatic nitrogens is 3. The van der Waals surface area contributed by atoms with E-state index in [1.165, 1.54) is 11.3 Å². The minimum Gasteiger partial charge on any atom is -0.368 e. The number of fused-ring (bicyclic) bond motifs is 2. The molecule has 2 atom stereocenters. The van der Waals surface area contributed by atoms with E-state index in [4.69, 9.17) is 5.73 Å². The first kappa shape index (κ1) is 28.2. The number of hydrogen-bond donors (Lipinski definition) is 2. The maximum absolute atomic E-state index is 14.2. The number of rotatable bonds is 8. The predicted octanol–water partition coefficient (Wildman–Crippen LogP) is 2.41. The minimum atomic E-state index is -0.886. The molecule has 2 saturated heterocycles. The molecule has 0 bridgehead atoms. The van der Waals surface area contributed by atoms with E-state index in [-0.39, 0.29) is 56.4 Å². The third-order valence-corrected chi connectivity index (χ3v) is 8.42. The van der Waals surface area contributed by atoms with Crippen LogP contribution in [-0.2, 0) is 29.1 Å². The third-order valence-electron chi connectivity index (χ3n) is 7.62. The van der Waals surface area contributed by atoms with Crippen molar-refractivity contribution in [2.24, 2.45) is 0 Å². The summed E-state index contributed by atoms with van der Waals surface area (Å²) in [4.78, 5) is 57.7. The predicted molar refractivity (Wildman–Crippen MR) is 162 cm³/mol. The summed E-state index contributed by atoms with van der Waals surface area (Å²) >= 11 is 1.53. The molecule has 0 radical (unpaired) electrons. The van der Waals surface area contributed by atoms with Gasteiger partial charge in [0.05, 0.1) is 28.8 Å². The number of nitrogens with two attached hydrogens (primary N) is 1. The maximum Gasteiger partial charge on any atom is 0.334 e. The normalized spacial score (nSPS) is 19.0. The lowest BCUT2D eigenvalue weighted by Gasteiger charge is -2.55. The average Bonchev–Trinajstić information content (AvgIpc) is 3.50. The van der Waals surface area contributed by atoms with Crippen molar-refractivity contribution in [2.45, 2.75) is 31.7 Å². The second-order valence-corrected chi connectivity index (χ2v) is 11.3. The van der Waals surface area contributed by atoms with Crippen molar-refractivity contribution in [3.05, 3.63) is 95.8 Å². The van der Waals surface area contributed by atoms with Crippen molar-refractivity contribution in [1.82, 2.24) is 40.1 Å². The molecule has 0 aliphatic carbocycles. The van der Waals surface area contributed by atoms with Crippen LogP contribution in [0.3, 0.4) is 0 Å². The van der Waals surface area contributed by atoms with Crippen LogP contribution in [0.1, 0.15) is 16.7 Å². The molecule has 2 aliphatic heterocycles. The number of benzene rings is 2. The van der Waals surface area contributed by atoms with Gasteiger partial charge in [0.25, 0.3) is 0 Å². The summed E-state index contributed by atoms with van der Waals surface area (Å²) in [6, 6.07) is 14.2. The molecule has 0 saturated carbocycles. The van der Waals surface area contributed by atoms with Gasteiger partial charge < -0.3 is 20.9 Å². The van der Waals surface area contributed by atoms with Crippen molar-refractivity contribution in [3.63, 3.8) is 0 Å². The van der Waals surface area contributed by atoms with E-state index in [0.29, 0.717) is 12.1 Å². The first-order chi connectivity index (χ1) is 20.9. The summed E-state index contributed by atoms with van der Waals surface area (Å²) in [5.74, 6) is -0.365. The van der Waals surface area contributed by atoms with E-state index >= 15 is 0 Å². The number of amides is 4. The summed E-state index contributed by atoms with van der Waals surface area (Å²) < 4.78 is 1.02. The van der Waals surface area contributed by atoms with Crippen LogP contribution in [0, 0.1) is 0 Å². The van der Waals surface area contributed by atoms with Crippen LogP contribution in [0.5, 0.6) is 0 Å². The number of carbonyl (C=O) groups is 3. The Morgan fingerprint density at radius 3 is 2.63 bits per heavy atom. The van der Waals surface area contributed by atoms with Crippen molar-refractivity contribution in [3.8, 4) is 0 Å². The lowest BCUT2D eigenvalue weighted by molar-refractivity contribution is -0.189. The molecule has 12 nitrogen and oxygen atoms in total.